The van der Waals surface area contributed by atoms with E-state index in [1.807, 2.05) is 24.3 Å². The molecule has 5 nitrogen and oxygen atoms in total. The molecule has 0 spiro atoms. The molecule has 6 heteroatoms. The second-order valence-corrected chi connectivity index (χ2v) is 5.65. The number of rotatable bonds is 6. The molecule has 0 aliphatic heterocycles. The number of anilines is 2. The summed E-state index contributed by atoms with van der Waals surface area (Å²) in [4.78, 5) is 16.3. The first-order valence-corrected chi connectivity index (χ1v) is 7.83. The molecular weight excluding hydrogens is 326 g/mol. The van der Waals surface area contributed by atoms with Crippen LogP contribution in [0, 0.1) is 0 Å². The van der Waals surface area contributed by atoms with Crippen molar-refractivity contribution < 1.29 is 9.21 Å². The standard InChI is InChI=1S/C18H16ClN3O2/c19-14-5-3-13(4-6-14)10-18(23)22-15-7-8-17(20-11-15)21-12-16-2-1-9-24-16/h1-9,11H,10,12H2,(H,20,21)(H,22,23). The Morgan fingerprint density at radius 1 is 1.12 bits per heavy atom. The zero-order chi connectivity index (χ0) is 16.8. The van der Waals surface area contributed by atoms with E-state index in [-0.39, 0.29) is 12.3 Å². The number of benzene rings is 1. The van der Waals surface area contributed by atoms with E-state index >= 15 is 0 Å². The molecule has 0 aliphatic rings. The van der Waals surface area contributed by atoms with E-state index < -0.39 is 0 Å². The third kappa shape index (κ3) is 4.60. The fourth-order valence-corrected chi connectivity index (χ4v) is 2.28. The fourth-order valence-electron chi connectivity index (χ4n) is 2.16. The van der Waals surface area contributed by atoms with Crippen molar-refractivity contribution in [2.75, 3.05) is 10.6 Å². The van der Waals surface area contributed by atoms with Gasteiger partial charge < -0.3 is 15.1 Å². The van der Waals surface area contributed by atoms with Gasteiger partial charge in [0.2, 0.25) is 5.91 Å². The third-order valence-electron chi connectivity index (χ3n) is 3.35. The Morgan fingerprint density at radius 2 is 1.96 bits per heavy atom. The number of carbonyl (C=O) groups is 1. The summed E-state index contributed by atoms with van der Waals surface area (Å²) in [6.45, 7) is 0.558. The SMILES string of the molecule is O=C(Cc1ccc(Cl)cc1)Nc1ccc(NCc2ccco2)nc1. The van der Waals surface area contributed by atoms with Crippen LogP contribution in [0.25, 0.3) is 0 Å². The van der Waals surface area contributed by atoms with Gasteiger partial charge in [0.15, 0.2) is 0 Å². The molecular formula is C18H16ClN3O2. The van der Waals surface area contributed by atoms with Crippen molar-refractivity contribution >= 4 is 29.0 Å². The molecule has 3 rings (SSSR count). The van der Waals surface area contributed by atoms with E-state index in [1.54, 1.807) is 36.7 Å². The van der Waals surface area contributed by atoms with E-state index in [4.69, 9.17) is 16.0 Å². The third-order valence-corrected chi connectivity index (χ3v) is 3.60. The zero-order valence-corrected chi connectivity index (χ0v) is 13.6. The maximum atomic E-state index is 12.0. The number of halogens is 1. The van der Waals surface area contributed by atoms with Gasteiger partial charge in [0.25, 0.3) is 0 Å². The maximum absolute atomic E-state index is 12.0. The molecule has 0 atom stereocenters. The highest BCUT2D eigenvalue weighted by Gasteiger charge is 2.05. The summed E-state index contributed by atoms with van der Waals surface area (Å²) in [6.07, 6.45) is 3.53. The van der Waals surface area contributed by atoms with Crippen molar-refractivity contribution in [2.24, 2.45) is 0 Å². The first kappa shape index (κ1) is 16.1. The van der Waals surface area contributed by atoms with Crippen LogP contribution in [0.5, 0.6) is 0 Å². The normalized spacial score (nSPS) is 10.4. The van der Waals surface area contributed by atoms with Gasteiger partial charge in [-0.05, 0) is 42.0 Å². The van der Waals surface area contributed by atoms with Crippen LogP contribution < -0.4 is 10.6 Å². The second kappa shape index (κ2) is 7.66. The largest absolute Gasteiger partial charge is 0.467 e. The molecule has 2 N–H and O–H groups in total. The molecule has 0 aliphatic carbocycles. The molecule has 0 unspecified atom stereocenters. The number of nitrogens with zero attached hydrogens (tertiary/aromatic N) is 1. The van der Waals surface area contributed by atoms with Gasteiger partial charge in [0.1, 0.15) is 11.6 Å². The Morgan fingerprint density at radius 3 is 2.62 bits per heavy atom. The molecule has 0 fully saturated rings. The van der Waals surface area contributed by atoms with Gasteiger partial charge in [-0.2, -0.15) is 0 Å². The molecule has 0 radical (unpaired) electrons. The average molecular weight is 342 g/mol. The van der Waals surface area contributed by atoms with Gasteiger partial charge in [-0.3, -0.25) is 4.79 Å². The number of amides is 1. The molecule has 0 bridgehead atoms. The average Bonchev–Trinajstić information content (AvgIpc) is 3.10. The Labute approximate surface area is 144 Å². The number of furan rings is 1. The molecule has 1 aromatic carbocycles. The topological polar surface area (TPSA) is 67.2 Å². The van der Waals surface area contributed by atoms with E-state index in [9.17, 15) is 4.79 Å². The van der Waals surface area contributed by atoms with Crippen molar-refractivity contribution in [3.05, 3.63) is 77.3 Å². The van der Waals surface area contributed by atoms with Crippen molar-refractivity contribution in [1.29, 1.82) is 0 Å². The first-order chi connectivity index (χ1) is 11.7. The van der Waals surface area contributed by atoms with E-state index in [2.05, 4.69) is 15.6 Å². The highest BCUT2D eigenvalue weighted by Crippen LogP contribution is 2.13. The Kier molecular flexibility index (Phi) is 5.13. The second-order valence-electron chi connectivity index (χ2n) is 5.22. The Hall–Kier alpha value is -2.79. The van der Waals surface area contributed by atoms with Gasteiger partial charge in [0, 0.05) is 5.02 Å². The fraction of sp³-hybridized carbons (Fsp3) is 0.111. The summed E-state index contributed by atoms with van der Waals surface area (Å²) in [5.41, 5.74) is 1.55. The van der Waals surface area contributed by atoms with Gasteiger partial charge in [-0.15, -0.1) is 0 Å². The number of pyridine rings is 1. The number of hydrogen-bond donors (Lipinski definition) is 2. The van der Waals surface area contributed by atoms with E-state index in [1.165, 1.54) is 0 Å². The summed E-state index contributed by atoms with van der Waals surface area (Å²) >= 11 is 5.83. The minimum absolute atomic E-state index is 0.101. The van der Waals surface area contributed by atoms with Crippen LogP contribution in [-0.4, -0.2) is 10.9 Å². The highest BCUT2D eigenvalue weighted by molar-refractivity contribution is 6.30. The molecule has 2 heterocycles. The molecule has 1 amide bonds. The van der Waals surface area contributed by atoms with Gasteiger partial charge in [0.05, 0.1) is 31.1 Å². The van der Waals surface area contributed by atoms with Crippen molar-refractivity contribution in [1.82, 2.24) is 4.98 Å². The molecule has 122 valence electrons. The van der Waals surface area contributed by atoms with Crippen LogP contribution in [0.4, 0.5) is 11.5 Å². The number of nitrogens with one attached hydrogen (secondary N) is 2. The quantitative estimate of drug-likeness (QED) is 0.707. The van der Waals surface area contributed by atoms with Gasteiger partial charge >= 0.3 is 0 Å². The van der Waals surface area contributed by atoms with Crippen molar-refractivity contribution in [3.63, 3.8) is 0 Å². The van der Waals surface area contributed by atoms with Crippen LogP contribution in [0.3, 0.4) is 0 Å². The summed E-state index contributed by atoms with van der Waals surface area (Å²) in [7, 11) is 0. The number of hydrogen-bond acceptors (Lipinski definition) is 4. The van der Waals surface area contributed by atoms with Gasteiger partial charge in [-0.25, -0.2) is 4.98 Å². The summed E-state index contributed by atoms with van der Waals surface area (Å²) < 4.78 is 5.24. The van der Waals surface area contributed by atoms with Gasteiger partial charge in [-0.1, -0.05) is 23.7 Å². The minimum atomic E-state index is -0.101. The smallest absolute Gasteiger partial charge is 0.228 e. The predicted molar refractivity (Wildman–Crippen MR) is 94.1 cm³/mol. The number of aromatic nitrogens is 1. The molecule has 3 aromatic rings. The predicted octanol–water partition coefficient (Wildman–Crippen LogP) is 4.12. The molecule has 24 heavy (non-hydrogen) atoms. The van der Waals surface area contributed by atoms with Crippen LogP contribution in [0.1, 0.15) is 11.3 Å². The minimum Gasteiger partial charge on any atom is -0.467 e. The first-order valence-electron chi connectivity index (χ1n) is 7.46. The summed E-state index contributed by atoms with van der Waals surface area (Å²) in [5.74, 6) is 1.44. The van der Waals surface area contributed by atoms with Crippen molar-refractivity contribution in [2.45, 2.75) is 13.0 Å². The molecule has 0 saturated carbocycles. The van der Waals surface area contributed by atoms with Crippen LogP contribution in [-0.2, 0) is 17.8 Å². The van der Waals surface area contributed by atoms with E-state index in [0.29, 0.717) is 23.1 Å². The summed E-state index contributed by atoms with van der Waals surface area (Å²) in [6, 6.07) is 14.5. The van der Waals surface area contributed by atoms with Crippen LogP contribution in [0.2, 0.25) is 5.02 Å². The highest BCUT2D eigenvalue weighted by atomic mass is 35.5. The summed E-state index contributed by atoms with van der Waals surface area (Å²) in [5, 5.41) is 6.62. The lowest BCUT2D eigenvalue weighted by molar-refractivity contribution is -0.115. The van der Waals surface area contributed by atoms with Crippen molar-refractivity contribution in [3.8, 4) is 0 Å². The maximum Gasteiger partial charge on any atom is 0.228 e. The lowest BCUT2D eigenvalue weighted by Gasteiger charge is -2.07. The van der Waals surface area contributed by atoms with E-state index in [0.717, 1.165) is 11.3 Å². The van der Waals surface area contributed by atoms with Crippen LogP contribution in [0.15, 0.2) is 65.4 Å². The zero-order valence-electron chi connectivity index (χ0n) is 12.8. The molecule has 2 aromatic heterocycles. The van der Waals surface area contributed by atoms with Crippen LogP contribution >= 0.6 is 11.6 Å². The monoisotopic (exact) mass is 341 g/mol. The molecule has 0 saturated heterocycles. The Bertz CT molecular complexity index is 784. The number of carbonyl (C=O) groups excluding carboxylic acids is 1. The lowest BCUT2D eigenvalue weighted by Crippen LogP contribution is -2.14. The Balaban J connectivity index is 1.51. The lowest BCUT2D eigenvalue weighted by atomic mass is 10.1.